The van der Waals surface area contributed by atoms with E-state index in [1.807, 2.05) is 20.8 Å². The Morgan fingerprint density at radius 3 is 2.56 bits per heavy atom. The van der Waals surface area contributed by atoms with Gasteiger partial charge in [0.2, 0.25) is 0 Å². The van der Waals surface area contributed by atoms with Crippen molar-refractivity contribution < 1.29 is 19.4 Å². The first-order chi connectivity index (χ1) is 7.41. The van der Waals surface area contributed by atoms with Crippen LogP contribution in [0, 0.1) is 0 Å². The molecule has 0 radical (unpaired) electrons. The van der Waals surface area contributed by atoms with Crippen LogP contribution in [0.1, 0.15) is 46.5 Å². The predicted molar refractivity (Wildman–Crippen MR) is 62.2 cm³/mol. The molecular formula is C12H24O4. The smallest absolute Gasteiger partial charge is 0.305 e. The van der Waals surface area contributed by atoms with Crippen molar-refractivity contribution >= 4 is 5.97 Å². The third kappa shape index (κ3) is 7.65. The van der Waals surface area contributed by atoms with Gasteiger partial charge in [-0.1, -0.05) is 6.92 Å². The Morgan fingerprint density at radius 2 is 2.06 bits per heavy atom. The second-order valence-electron chi connectivity index (χ2n) is 4.58. The van der Waals surface area contributed by atoms with E-state index in [0.29, 0.717) is 19.4 Å². The monoisotopic (exact) mass is 232 g/mol. The van der Waals surface area contributed by atoms with Crippen molar-refractivity contribution in [2.45, 2.75) is 58.2 Å². The fraction of sp³-hybridized carbons (Fsp3) is 0.917. The molecule has 0 spiro atoms. The second kappa shape index (κ2) is 7.63. The minimum atomic E-state index is -0.524. The molecule has 4 nitrogen and oxygen atoms in total. The number of aliphatic hydroxyl groups excluding tert-OH is 1. The van der Waals surface area contributed by atoms with Crippen LogP contribution in [0.4, 0.5) is 0 Å². The maximum Gasteiger partial charge on any atom is 0.305 e. The van der Waals surface area contributed by atoms with Crippen molar-refractivity contribution in [3.8, 4) is 0 Å². The zero-order chi connectivity index (χ0) is 12.6. The summed E-state index contributed by atoms with van der Waals surface area (Å²) in [5.41, 5.74) is -0.354. The van der Waals surface area contributed by atoms with Crippen molar-refractivity contribution in [3.05, 3.63) is 0 Å². The Morgan fingerprint density at radius 1 is 1.44 bits per heavy atom. The molecule has 1 N–H and O–H groups in total. The summed E-state index contributed by atoms with van der Waals surface area (Å²) in [5.74, 6) is -0.240. The van der Waals surface area contributed by atoms with Crippen LogP contribution in [0.25, 0.3) is 0 Å². The summed E-state index contributed by atoms with van der Waals surface area (Å²) in [4.78, 5) is 11.2. The molecule has 0 amide bonds. The summed E-state index contributed by atoms with van der Waals surface area (Å²) in [6.07, 6.45) is 1.51. The first-order valence-electron chi connectivity index (χ1n) is 5.80. The largest absolute Gasteiger partial charge is 0.466 e. The van der Waals surface area contributed by atoms with Crippen LogP contribution in [0.2, 0.25) is 0 Å². The molecule has 0 heterocycles. The van der Waals surface area contributed by atoms with E-state index < -0.39 is 6.10 Å². The molecule has 0 aliphatic carbocycles. The van der Waals surface area contributed by atoms with E-state index in [2.05, 4.69) is 0 Å². The van der Waals surface area contributed by atoms with Gasteiger partial charge in [-0.25, -0.2) is 0 Å². The number of carbonyl (C=O) groups is 1. The van der Waals surface area contributed by atoms with E-state index >= 15 is 0 Å². The Kier molecular flexibility index (Phi) is 7.34. The first kappa shape index (κ1) is 15.4. The maximum absolute atomic E-state index is 11.2. The number of methoxy groups -OCH3 is 1. The molecule has 0 saturated heterocycles. The summed E-state index contributed by atoms with van der Waals surface area (Å²) in [6, 6.07) is 0. The Balaban J connectivity index is 3.72. The summed E-state index contributed by atoms with van der Waals surface area (Å²) in [7, 11) is 1.61. The minimum Gasteiger partial charge on any atom is -0.466 e. The molecule has 0 aliphatic heterocycles. The Labute approximate surface area is 97.9 Å². The molecule has 0 bridgehead atoms. The van der Waals surface area contributed by atoms with Gasteiger partial charge in [-0.2, -0.15) is 0 Å². The maximum atomic E-state index is 11.2. The fourth-order valence-electron chi connectivity index (χ4n) is 1.33. The molecule has 0 saturated carbocycles. The summed E-state index contributed by atoms with van der Waals surface area (Å²) >= 11 is 0. The lowest BCUT2D eigenvalue weighted by Crippen LogP contribution is -2.29. The number of hydrogen-bond acceptors (Lipinski definition) is 4. The van der Waals surface area contributed by atoms with Crippen molar-refractivity contribution in [3.63, 3.8) is 0 Å². The Hall–Kier alpha value is -0.610. The van der Waals surface area contributed by atoms with Gasteiger partial charge in [0, 0.05) is 20.0 Å². The lowest BCUT2D eigenvalue weighted by molar-refractivity contribution is -0.144. The standard InChI is InChI=1S/C12H24O4/c1-5-8-16-11(14)7-6-10(13)9-12(2,3)15-4/h10,13H,5-9H2,1-4H3. The van der Waals surface area contributed by atoms with Gasteiger partial charge in [0.05, 0.1) is 18.3 Å². The highest BCUT2D eigenvalue weighted by molar-refractivity contribution is 5.69. The number of esters is 1. The van der Waals surface area contributed by atoms with E-state index in [1.54, 1.807) is 7.11 Å². The average Bonchev–Trinajstić information content (AvgIpc) is 2.23. The molecule has 0 aromatic heterocycles. The lowest BCUT2D eigenvalue weighted by Gasteiger charge is -2.25. The van der Waals surface area contributed by atoms with Crippen LogP contribution in [-0.4, -0.2) is 36.5 Å². The molecule has 0 fully saturated rings. The quantitative estimate of drug-likeness (QED) is 0.649. The molecule has 4 heteroatoms. The third-order valence-electron chi connectivity index (χ3n) is 2.43. The van der Waals surface area contributed by atoms with Gasteiger partial charge < -0.3 is 14.6 Å². The van der Waals surface area contributed by atoms with Gasteiger partial charge in [-0.3, -0.25) is 4.79 Å². The van der Waals surface area contributed by atoms with Crippen LogP contribution in [0.5, 0.6) is 0 Å². The van der Waals surface area contributed by atoms with Gasteiger partial charge in [0.15, 0.2) is 0 Å². The highest BCUT2D eigenvalue weighted by atomic mass is 16.5. The van der Waals surface area contributed by atoms with Crippen LogP contribution in [-0.2, 0) is 14.3 Å². The summed E-state index contributed by atoms with van der Waals surface area (Å²) in [5, 5.41) is 9.70. The van der Waals surface area contributed by atoms with Gasteiger partial charge in [0.1, 0.15) is 0 Å². The van der Waals surface area contributed by atoms with Crippen molar-refractivity contribution in [2.24, 2.45) is 0 Å². The number of aliphatic hydroxyl groups is 1. The van der Waals surface area contributed by atoms with Gasteiger partial charge in [-0.15, -0.1) is 0 Å². The van der Waals surface area contributed by atoms with Gasteiger partial charge in [-0.05, 0) is 26.7 Å². The van der Waals surface area contributed by atoms with E-state index in [1.165, 1.54) is 0 Å². The van der Waals surface area contributed by atoms with Crippen LogP contribution in [0.15, 0.2) is 0 Å². The van der Waals surface area contributed by atoms with Crippen molar-refractivity contribution in [2.75, 3.05) is 13.7 Å². The lowest BCUT2D eigenvalue weighted by atomic mass is 9.98. The molecule has 96 valence electrons. The highest BCUT2D eigenvalue weighted by Gasteiger charge is 2.21. The summed E-state index contributed by atoms with van der Waals surface area (Å²) < 4.78 is 10.1. The zero-order valence-electron chi connectivity index (χ0n) is 10.8. The predicted octanol–water partition coefficient (Wildman–Crippen LogP) is 1.90. The highest BCUT2D eigenvalue weighted by Crippen LogP contribution is 2.18. The second-order valence-corrected chi connectivity index (χ2v) is 4.58. The molecule has 0 aliphatic rings. The minimum absolute atomic E-state index is 0.240. The van der Waals surface area contributed by atoms with E-state index in [0.717, 1.165) is 6.42 Å². The zero-order valence-corrected chi connectivity index (χ0v) is 10.8. The number of hydrogen-bond donors (Lipinski definition) is 1. The molecule has 1 unspecified atom stereocenters. The molecule has 16 heavy (non-hydrogen) atoms. The third-order valence-corrected chi connectivity index (χ3v) is 2.43. The van der Waals surface area contributed by atoms with Crippen LogP contribution >= 0.6 is 0 Å². The Bertz CT molecular complexity index is 201. The molecular weight excluding hydrogens is 208 g/mol. The van der Waals surface area contributed by atoms with E-state index in [-0.39, 0.29) is 18.0 Å². The van der Waals surface area contributed by atoms with Gasteiger partial charge in [0.25, 0.3) is 0 Å². The topological polar surface area (TPSA) is 55.8 Å². The molecule has 1 atom stereocenters. The summed E-state index contributed by atoms with van der Waals surface area (Å²) in [6.45, 7) is 6.22. The normalized spacial score (nSPS) is 13.6. The fourth-order valence-corrected chi connectivity index (χ4v) is 1.33. The van der Waals surface area contributed by atoms with Crippen LogP contribution < -0.4 is 0 Å². The van der Waals surface area contributed by atoms with Crippen LogP contribution in [0.3, 0.4) is 0 Å². The van der Waals surface area contributed by atoms with Crippen molar-refractivity contribution in [1.29, 1.82) is 0 Å². The SMILES string of the molecule is CCCOC(=O)CCC(O)CC(C)(C)OC. The first-order valence-corrected chi connectivity index (χ1v) is 5.80. The molecule has 0 aromatic carbocycles. The van der Waals surface area contributed by atoms with Gasteiger partial charge >= 0.3 is 5.97 Å². The van der Waals surface area contributed by atoms with Crippen molar-refractivity contribution in [1.82, 2.24) is 0 Å². The van der Waals surface area contributed by atoms with E-state index in [9.17, 15) is 9.90 Å². The number of rotatable bonds is 8. The van der Waals surface area contributed by atoms with E-state index in [4.69, 9.17) is 9.47 Å². The molecule has 0 rings (SSSR count). The molecule has 0 aromatic rings. The average molecular weight is 232 g/mol. The number of carbonyl (C=O) groups excluding carboxylic acids is 1. The number of ether oxygens (including phenoxy) is 2.